The average molecular weight is 1070 g/mol. The summed E-state index contributed by atoms with van der Waals surface area (Å²) in [7, 11) is 0. The Bertz CT molecular complexity index is 4240. The van der Waals surface area contributed by atoms with Crippen molar-refractivity contribution in [3.05, 3.63) is 234 Å². The lowest BCUT2D eigenvalue weighted by molar-refractivity contribution is 0.0473. The van der Waals surface area contributed by atoms with Gasteiger partial charge in [0.05, 0.1) is 39.0 Å². The zero-order chi connectivity index (χ0) is 57.5. The van der Waals surface area contributed by atoms with Gasteiger partial charge in [-0.05, 0) is 134 Å². The van der Waals surface area contributed by atoms with Crippen LogP contribution in [0.25, 0.3) is 100 Å². The summed E-state index contributed by atoms with van der Waals surface area (Å²) < 4.78 is 10.6. The lowest BCUT2D eigenvalue weighted by Gasteiger charge is -2.26. The first-order valence-corrected chi connectivity index (χ1v) is 28.6. The van der Waals surface area contributed by atoms with Crippen molar-refractivity contribution < 1.29 is 9.53 Å². The Hall–Kier alpha value is -8.94. The summed E-state index contributed by atoms with van der Waals surface area (Å²) in [5.41, 5.74) is 16.7. The molecule has 12 aromatic rings. The molecular weight excluding hydrogens is 1000 g/mol. The van der Waals surface area contributed by atoms with Gasteiger partial charge in [0, 0.05) is 49.4 Å². The first-order chi connectivity index (χ1) is 39.1. The van der Waals surface area contributed by atoms with Gasteiger partial charge >= 0.3 is 5.97 Å². The first kappa shape index (κ1) is 53.7. The number of ether oxygens (including phenoxy) is 1. The van der Waals surface area contributed by atoms with Gasteiger partial charge in [-0.1, -0.05) is 198 Å². The molecule has 0 saturated heterocycles. The smallest absolute Gasteiger partial charge is 0.338 e. The molecule has 0 atom stereocenters. The molecule has 0 aliphatic heterocycles. The van der Waals surface area contributed by atoms with E-state index < -0.39 is 0 Å². The van der Waals surface area contributed by atoms with Crippen molar-refractivity contribution in [2.24, 2.45) is 0 Å². The third kappa shape index (κ3) is 10.1. The number of hydrogen-bond acceptors (Lipinski definition) is 5. The van der Waals surface area contributed by atoms with E-state index in [1.165, 1.54) is 33.0 Å². The van der Waals surface area contributed by atoms with Crippen LogP contribution in [0.5, 0.6) is 0 Å². The van der Waals surface area contributed by atoms with Gasteiger partial charge in [-0.3, -0.25) is 0 Å². The minimum absolute atomic E-state index is 0.133. The molecule has 0 aliphatic rings. The van der Waals surface area contributed by atoms with Gasteiger partial charge < -0.3 is 13.9 Å². The number of aromatic nitrogens is 5. The summed E-state index contributed by atoms with van der Waals surface area (Å²) in [6, 6.07) is 70.7. The van der Waals surface area contributed by atoms with Crippen LogP contribution in [-0.4, -0.2) is 30.1 Å². The van der Waals surface area contributed by atoms with Gasteiger partial charge in [0.15, 0.2) is 17.5 Å². The van der Waals surface area contributed by atoms with E-state index >= 15 is 0 Å². The Morgan fingerprint density at radius 1 is 0.366 bits per heavy atom. The molecular formula is C75H71N5O2. The van der Waals surface area contributed by atoms with E-state index in [0.29, 0.717) is 23.0 Å². The Balaban J connectivity index is 1.14. The summed E-state index contributed by atoms with van der Waals surface area (Å²) in [6.07, 6.45) is 0. The fourth-order valence-corrected chi connectivity index (χ4v) is 11.3. The van der Waals surface area contributed by atoms with Crippen molar-refractivity contribution in [2.45, 2.75) is 111 Å². The molecule has 0 spiro atoms. The number of hydrogen-bond donors (Lipinski definition) is 0. The summed E-state index contributed by atoms with van der Waals surface area (Å²) >= 11 is 0. The normalized spacial score (nSPS) is 12.5. The maximum Gasteiger partial charge on any atom is 0.338 e. The molecule has 3 heterocycles. The summed E-state index contributed by atoms with van der Waals surface area (Å²) in [5, 5.41) is 4.33. The van der Waals surface area contributed by atoms with Gasteiger partial charge in [0.1, 0.15) is 6.61 Å². The van der Waals surface area contributed by atoms with Crippen molar-refractivity contribution >= 4 is 49.6 Å². The topological polar surface area (TPSA) is 74.8 Å². The highest BCUT2D eigenvalue weighted by molar-refractivity contribution is 6.13. The van der Waals surface area contributed by atoms with E-state index in [2.05, 4.69) is 250 Å². The molecule has 9 aromatic carbocycles. The number of nitrogens with zero attached hydrogens (tertiary/aromatic N) is 5. The van der Waals surface area contributed by atoms with E-state index in [0.717, 1.165) is 77.6 Å². The van der Waals surface area contributed by atoms with Crippen LogP contribution in [0.4, 0.5) is 0 Å². The molecule has 0 N–H and O–H groups in total. The molecule has 82 heavy (non-hydrogen) atoms. The standard InChI is InChI=1S/C75H71N5O2/c1-72(2,3)52-38-50(39-53(44-52)73(4,5)6)69-76-68(77-70(78-69)51-40-54(74(7,8)9)45-55(41-51)75(10,11)12)48-34-36-66(60(42-48)58-28-18-22-32-64(58)79-62-30-20-16-26-56(62)57-27-17-21-31-63(57)79)80-65-33-23-19-29-59(65)61-43-49(35-37-67(61)80)71(81)82-46-47-24-14-13-15-25-47/h13-45H,46H2,1-12H3. The second-order valence-electron chi connectivity index (χ2n) is 26.2. The number of para-hydroxylation sites is 4. The average Bonchev–Trinajstić information content (AvgIpc) is 2.73. The lowest BCUT2D eigenvalue weighted by Crippen LogP contribution is -2.17. The fourth-order valence-electron chi connectivity index (χ4n) is 11.3. The maximum atomic E-state index is 13.8. The number of esters is 1. The van der Waals surface area contributed by atoms with Gasteiger partial charge in [0.2, 0.25) is 0 Å². The Kier molecular flexibility index (Phi) is 13.3. The van der Waals surface area contributed by atoms with Crippen LogP contribution in [0.1, 0.15) is 121 Å². The quantitative estimate of drug-likeness (QED) is 0.135. The molecule has 0 aliphatic carbocycles. The monoisotopic (exact) mass is 1070 g/mol. The highest BCUT2D eigenvalue weighted by atomic mass is 16.5. The van der Waals surface area contributed by atoms with Crippen LogP contribution in [0, 0.1) is 0 Å². The number of carbonyl (C=O) groups excluding carboxylic acids is 1. The minimum Gasteiger partial charge on any atom is -0.457 e. The number of carbonyl (C=O) groups is 1. The molecule has 3 aromatic heterocycles. The lowest BCUT2D eigenvalue weighted by atomic mass is 9.79. The second kappa shape index (κ2) is 20.2. The molecule has 0 amide bonds. The van der Waals surface area contributed by atoms with Crippen LogP contribution in [0.3, 0.4) is 0 Å². The van der Waals surface area contributed by atoms with E-state index in [4.69, 9.17) is 19.7 Å². The Morgan fingerprint density at radius 2 is 0.768 bits per heavy atom. The number of fused-ring (bicyclic) bond motifs is 6. The van der Waals surface area contributed by atoms with Crippen molar-refractivity contribution in [1.29, 1.82) is 0 Å². The van der Waals surface area contributed by atoms with Crippen molar-refractivity contribution in [1.82, 2.24) is 24.1 Å². The summed E-state index contributed by atoms with van der Waals surface area (Å²) in [4.78, 5) is 30.4. The number of rotatable bonds is 9. The maximum absolute atomic E-state index is 13.8. The SMILES string of the molecule is CC(C)(C)c1cc(-c2nc(-c3cc(C(C)(C)C)cc(C(C)(C)C)c3)nc(-c3ccc(-n4c5ccccc5c5cc(C(=O)OCc6ccccc6)ccc54)c(-c4ccccc4-n4c5ccccc5c5ccccc54)c3)n2)cc(C(C)(C)C)c1. The van der Waals surface area contributed by atoms with Crippen molar-refractivity contribution in [3.8, 4) is 56.7 Å². The number of benzene rings is 9. The highest BCUT2D eigenvalue weighted by Crippen LogP contribution is 2.44. The molecule has 408 valence electrons. The van der Waals surface area contributed by atoms with Crippen molar-refractivity contribution in [3.63, 3.8) is 0 Å². The summed E-state index contributed by atoms with van der Waals surface area (Å²) in [6.45, 7) is 27.4. The second-order valence-corrected chi connectivity index (χ2v) is 26.2. The fraction of sp³-hybridized carbons (Fsp3) is 0.227. The molecule has 12 rings (SSSR count). The zero-order valence-corrected chi connectivity index (χ0v) is 49.3. The molecule has 0 saturated carbocycles. The van der Waals surface area contributed by atoms with E-state index in [9.17, 15) is 4.79 Å². The Morgan fingerprint density at radius 3 is 1.26 bits per heavy atom. The van der Waals surface area contributed by atoms with Crippen LogP contribution in [-0.2, 0) is 33.0 Å². The third-order valence-corrected chi connectivity index (χ3v) is 16.1. The van der Waals surface area contributed by atoms with Crippen molar-refractivity contribution in [2.75, 3.05) is 0 Å². The van der Waals surface area contributed by atoms with Gasteiger partial charge in [0.25, 0.3) is 0 Å². The Labute approximate surface area is 482 Å². The molecule has 7 heteroatoms. The zero-order valence-electron chi connectivity index (χ0n) is 49.3. The highest BCUT2D eigenvalue weighted by Gasteiger charge is 2.27. The van der Waals surface area contributed by atoms with E-state index in [1.807, 2.05) is 42.5 Å². The van der Waals surface area contributed by atoms with Gasteiger partial charge in [-0.2, -0.15) is 0 Å². The van der Waals surface area contributed by atoms with E-state index in [1.54, 1.807) is 0 Å². The molecule has 7 nitrogen and oxygen atoms in total. The van der Waals surface area contributed by atoms with E-state index in [-0.39, 0.29) is 34.2 Å². The predicted octanol–water partition coefficient (Wildman–Crippen LogP) is 19.3. The van der Waals surface area contributed by atoms with Crippen LogP contribution >= 0.6 is 0 Å². The molecule has 0 radical (unpaired) electrons. The van der Waals surface area contributed by atoms with Crippen LogP contribution < -0.4 is 0 Å². The molecule has 0 bridgehead atoms. The van der Waals surface area contributed by atoms with Crippen LogP contribution in [0.2, 0.25) is 0 Å². The van der Waals surface area contributed by atoms with Crippen LogP contribution in [0.15, 0.2) is 200 Å². The largest absolute Gasteiger partial charge is 0.457 e. The van der Waals surface area contributed by atoms with Gasteiger partial charge in [-0.25, -0.2) is 19.7 Å². The third-order valence-electron chi connectivity index (χ3n) is 16.1. The molecule has 0 fully saturated rings. The first-order valence-electron chi connectivity index (χ1n) is 28.6. The molecule has 0 unspecified atom stereocenters. The van der Waals surface area contributed by atoms with Gasteiger partial charge in [-0.15, -0.1) is 0 Å². The summed E-state index contributed by atoms with van der Waals surface area (Å²) in [5.74, 6) is 1.43. The minimum atomic E-state index is -0.372. The predicted molar refractivity (Wildman–Crippen MR) is 341 cm³/mol.